The standard InChI is InChI=1S/C19H15BrN2O5/c1-26-15-8-3-5-11(16(15)27-2)9-14-17(23)21-19(25)22(18(14)24)13-7-4-6-12(20)10-13/h3-10H,1-2H3,(H,21,23,25). The number of rotatable bonds is 4. The van der Waals surface area contributed by atoms with Gasteiger partial charge in [0.25, 0.3) is 11.8 Å². The van der Waals surface area contributed by atoms with E-state index in [0.29, 0.717) is 27.2 Å². The normalized spacial score (nSPS) is 15.7. The lowest BCUT2D eigenvalue weighted by molar-refractivity contribution is -0.122. The van der Waals surface area contributed by atoms with Crippen LogP contribution < -0.4 is 19.7 Å². The molecule has 2 aromatic rings. The van der Waals surface area contributed by atoms with Crippen LogP contribution in [0.15, 0.2) is 52.5 Å². The van der Waals surface area contributed by atoms with Gasteiger partial charge >= 0.3 is 6.03 Å². The van der Waals surface area contributed by atoms with Crippen molar-refractivity contribution >= 4 is 45.5 Å². The summed E-state index contributed by atoms with van der Waals surface area (Å²) in [5.41, 5.74) is 0.614. The van der Waals surface area contributed by atoms with Gasteiger partial charge in [-0.15, -0.1) is 0 Å². The zero-order valence-corrected chi connectivity index (χ0v) is 16.1. The molecule has 3 rings (SSSR count). The first kappa shape index (κ1) is 18.7. The van der Waals surface area contributed by atoms with Crippen molar-refractivity contribution in [1.29, 1.82) is 0 Å². The van der Waals surface area contributed by atoms with Gasteiger partial charge in [0.1, 0.15) is 5.57 Å². The minimum Gasteiger partial charge on any atom is -0.493 e. The third kappa shape index (κ3) is 3.56. The lowest BCUT2D eigenvalue weighted by Crippen LogP contribution is -2.54. The summed E-state index contributed by atoms with van der Waals surface area (Å²) in [5, 5.41) is 2.19. The fourth-order valence-electron chi connectivity index (χ4n) is 2.69. The number of nitrogens with one attached hydrogen (secondary N) is 1. The summed E-state index contributed by atoms with van der Waals surface area (Å²) in [7, 11) is 2.95. The molecule has 0 aliphatic carbocycles. The van der Waals surface area contributed by atoms with Gasteiger partial charge in [-0.1, -0.05) is 34.1 Å². The molecule has 1 aliphatic rings. The van der Waals surface area contributed by atoms with Crippen molar-refractivity contribution < 1.29 is 23.9 Å². The van der Waals surface area contributed by atoms with Gasteiger partial charge in [-0.3, -0.25) is 14.9 Å². The van der Waals surface area contributed by atoms with Crippen LogP contribution in [0.2, 0.25) is 0 Å². The third-order valence-electron chi connectivity index (χ3n) is 3.90. The SMILES string of the molecule is COc1cccc(C=C2C(=O)NC(=O)N(c3cccc(Br)c3)C2=O)c1OC. The number of hydrogen-bond acceptors (Lipinski definition) is 5. The van der Waals surface area contributed by atoms with E-state index in [1.54, 1.807) is 42.5 Å². The fraction of sp³-hybridized carbons (Fsp3) is 0.105. The molecule has 2 aromatic carbocycles. The quantitative estimate of drug-likeness (QED) is 0.594. The summed E-state index contributed by atoms with van der Waals surface area (Å²) in [5.74, 6) is -0.678. The van der Waals surface area contributed by atoms with Gasteiger partial charge in [0.15, 0.2) is 11.5 Å². The minimum absolute atomic E-state index is 0.193. The molecule has 1 N–H and O–H groups in total. The van der Waals surface area contributed by atoms with Crippen LogP contribution in [0, 0.1) is 0 Å². The van der Waals surface area contributed by atoms with Crippen molar-refractivity contribution in [2.75, 3.05) is 19.1 Å². The van der Waals surface area contributed by atoms with Crippen LogP contribution in [0.5, 0.6) is 11.5 Å². The van der Waals surface area contributed by atoms with Crippen molar-refractivity contribution in [3.8, 4) is 11.5 Å². The van der Waals surface area contributed by atoms with Gasteiger partial charge in [-0.05, 0) is 30.3 Å². The van der Waals surface area contributed by atoms with E-state index in [1.807, 2.05) is 0 Å². The Morgan fingerprint density at radius 3 is 2.44 bits per heavy atom. The molecule has 1 saturated heterocycles. The number of hydrogen-bond donors (Lipinski definition) is 1. The van der Waals surface area contributed by atoms with E-state index in [0.717, 1.165) is 4.90 Å². The number of carbonyl (C=O) groups excluding carboxylic acids is 3. The van der Waals surface area contributed by atoms with Crippen LogP contribution in [0.3, 0.4) is 0 Å². The molecule has 0 saturated carbocycles. The lowest BCUT2D eigenvalue weighted by atomic mass is 10.1. The van der Waals surface area contributed by atoms with E-state index in [1.165, 1.54) is 20.3 Å². The summed E-state index contributed by atoms with van der Waals surface area (Å²) >= 11 is 3.30. The molecule has 1 heterocycles. The zero-order chi connectivity index (χ0) is 19.6. The predicted octanol–water partition coefficient (Wildman–Crippen LogP) is 3.13. The summed E-state index contributed by atoms with van der Waals surface area (Å²) in [6.07, 6.45) is 1.37. The van der Waals surface area contributed by atoms with E-state index < -0.39 is 17.8 Å². The highest BCUT2D eigenvalue weighted by molar-refractivity contribution is 9.10. The van der Waals surface area contributed by atoms with Gasteiger partial charge in [0.2, 0.25) is 0 Å². The maximum Gasteiger partial charge on any atom is 0.335 e. The first-order valence-corrected chi connectivity index (χ1v) is 8.63. The minimum atomic E-state index is -0.808. The Kier molecular flexibility index (Phi) is 5.27. The maximum atomic E-state index is 12.9. The van der Waals surface area contributed by atoms with E-state index in [2.05, 4.69) is 21.2 Å². The molecule has 7 nitrogen and oxygen atoms in total. The first-order valence-electron chi connectivity index (χ1n) is 7.84. The molecule has 27 heavy (non-hydrogen) atoms. The average Bonchev–Trinajstić information content (AvgIpc) is 2.64. The number of para-hydroxylation sites is 1. The summed E-state index contributed by atoms with van der Waals surface area (Å²) < 4.78 is 11.3. The van der Waals surface area contributed by atoms with Crippen molar-refractivity contribution in [2.24, 2.45) is 0 Å². The van der Waals surface area contributed by atoms with Crippen LogP contribution >= 0.6 is 15.9 Å². The molecule has 4 amide bonds. The smallest absolute Gasteiger partial charge is 0.335 e. The molecule has 0 bridgehead atoms. The van der Waals surface area contributed by atoms with E-state index >= 15 is 0 Å². The number of anilines is 1. The number of nitrogens with zero attached hydrogens (tertiary/aromatic N) is 1. The number of carbonyl (C=O) groups is 3. The summed E-state index contributed by atoms with van der Waals surface area (Å²) in [4.78, 5) is 38.3. The second-order valence-electron chi connectivity index (χ2n) is 5.52. The Bertz CT molecular complexity index is 970. The summed E-state index contributed by atoms with van der Waals surface area (Å²) in [6, 6.07) is 10.9. The number of barbiturate groups is 1. The zero-order valence-electron chi connectivity index (χ0n) is 14.5. The molecule has 0 radical (unpaired) electrons. The predicted molar refractivity (Wildman–Crippen MR) is 103 cm³/mol. The van der Waals surface area contributed by atoms with E-state index in [-0.39, 0.29) is 5.57 Å². The molecule has 1 fully saturated rings. The monoisotopic (exact) mass is 430 g/mol. The Hall–Kier alpha value is -3.13. The van der Waals surface area contributed by atoms with Gasteiger partial charge < -0.3 is 9.47 Å². The summed E-state index contributed by atoms with van der Waals surface area (Å²) in [6.45, 7) is 0. The van der Waals surface area contributed by atoms with Crippen LogP contribution in [0.1, 0.15) is 5.56 Å². The number of halogens is 1. The maximum absolute atomic E-state index is 12.9. The second-order valence-corrected chi connectivity index (χ2v) is 6.44. The van der Waals surface area contributed by atoms with Crippen molar-refractivity contribution in [2.45, 2.75) is 0 Å². The van der Waals surface area contributed by atoms with E-state index in [9.17, 15) is 14.4 Å². The molecule has 1 aliphatic heterocycles. The number of imide groups is 2. The lowest BCUT2D eigenvalue weighted by Gasteiger charge is -2.26. The third-order valence-corrected chi connectivity index (χ3v) is 4.39. The highest BCUT2D eigenvalue weighted by Crippen LogP contribution is 2.33. The number of urea groups is 1. The first-order chi connectivity index (χ1) is 13.0. The van der Waals surface area contributed by atoms with Crippen molar-refractivity contribution in [1.82, 2.24) is 5.32 Å². The number of methoxy groups -OCH3 is 2. The van der Waals surface area contributed by atoms with Gasteiger partial charge in [0.05, 0.1) is 19.9 Å². The topological polar surface area (TPSA) is 84.9 Å². The Morgan fingerprint density at radius 2 is 1.78 bits per heavy atom. The number of ether oxygens (including phenoxy) is 2. The molecule has 0 aromatic heterocycles. The van der Waals surface area contributed by atoms with Crippen LogP contribution in [0.25, 0.3) is 6.08 Å². The van der Waals surface area contributed by atoms with Crippen molar-refractivity contribution in [3.63, 3.8) is 0 Å². The highest BCUT2D eigenvalue weighted by atomic mass is 79.9. The van der Waals surface area contributed by atoms with Gasteiger partial charge in [-0.25, -0.2) is 9.69 Å². The second kappa shape index (κ2) is 7.63. The Balaban J connectivity index is 2.08. The van der Waals surface area contributed by atoms with E-state index in [4.69, 9.17) is 9.47 Å². The molecule has 0 spiro atoms. The molecular formula is C19H15BrN2O5. The van der Waals surface area contributed by atoms with Gasteiger partial charge in [-0.2, -0.15) is 0 Å². The number of amides is 4. The highest BCUT2D eigenvalue weighted by Gasteiger charge is 2.37. The van der Waals surface area contributed by atoms with Crippen LogP contribution in [-0.4, -0.2) is 32.1 Å². The van der Waals surface area contributed by atoms with Crippen LogP contribution in [-0.2, 0) is 9.59 Å². The molecule has 0 unspecified atom stereocenters. The Labute approximate surface area is 163 Å². The molecule has 138 valence electrons. The number of benzene rings is 2. The Morgan fingerprint density at radius 1 is 1.04 bits per heavy atom. The van der Waals surface area contributed by atoms with Crippen molar-refractivity contribution in [3.05, 3.63) is 58.1 Å². The fourth-order valence-corrected chi connectivity index (χ4v) is 3.08. The van der Waals surface area contributed by atoms with Gasteiger partial charge in [0, 0.05) is 10.0 Å². The van der Waals surface area contributed by atoms with Crippen LogP contribution in [0.4, 0.5) is 10.5 Å². The molecule has 0 atom stereocenters. The molecule has 8 heteroatoms. The molecular weight excluding hydrogens is 416 g/mol. The largest absolute Gasteiger partial charge is 0.493 e. The average molecular weight is 431 g/mol.